The number of carbonyl (C=O) groups is 1. The summed E-state index contributed by atoms with van der Waals surface area (Å²) in [6, 6.07) is 14.8. The van der Waals surface area contributed by atoms with Gasteiger partial charge in [0, 0.05) is 18.5 Å². The fourth-order valence-corrected chi connectivity index (χ4v) is 3.56. The Morgan fingerprint density at radius 3 is 2.90 bits per heavy atom. The molecule has 7 nitrogen and oxygen atoms in total. The molecular formula is C21H19N3O4S. The van der Waals surface area contributed by atoms with Crippen LogP contribution in [0.1, 0.15) is 21.3 Å². The van der Waals surface area contributed by atoms with Gasteiger partial charge in [0.15, 0.2) is 0 Å². The number of nitrogens with zero attached hydrogens (tertiary/aromatic N) is 3. The van der Waals surface area contributed by atoms with Crippen LogP contribution in [0.2, 0.25) is 0 Å². The molecule has 1 amide bonds. The maximum Gasteiger partial charge on any atom is 0.264 e. The predicted octanol–water partition coefficient (Wildman–Crippen LogP) is 4.28. The molecule has 0 saturated heterocycles. The Kier molecular flexibility index (Phi) is 5.71. The Balaban J connectivity index is 1.47. The van der Waals surface area contributed by atoms with Gasteiger partial charge in [0.1, 0.15) is 11.5 Å². The SMILES string of the molecule is COc1cccc(-c2noc(CCN(Cc3ccco3)C(=O)c3cccs3)n2)c1. The first kappa shape index (κ1) is 18.9. The van der Waals surface area contributed by atoms with Crippen LogP contribution in [0, 0.1) is 0 Å². The maximum absolute atomic E-state index is 12.9. The second-order valence-electron chi connectivity index (χ2n) is 6.28. The van der Waals surface area contributed by atoms with Gasteiger partial charge in [-0.3, -0.25) is 4.79 Å². The van der Waals surface area contributed by atoms with Crippen LogP contribution < -0.4 is 4.74 Å². The molecule has 1 aromatic carbocycles. The van der Waals surface area contributed by atoms with Gasteiger partial charge in [-0.2, -0.15) is 4.98 Å². The van der Waals surface area contributed by atoms with Crippen LogP contribution in [0.15, 0.2) is 69.1 Å². The first-order valence-electron chi connectivity index (χ1n) is 9.05. The fourth-order valence-electron chi connectivity index (χ4n) is 2.87. The molecule has 0 aliphatic heterocycles. The van der Waals surface area contributed by atoms with Crippen molar-refractivity contribution in [1.29, 1.82) is 0 Å². The lowest BCUT2D eigenvalue weighted by molar-refractivity contribution is 0.0735. The standard InChI is InChI=1S/C21H19N3O4S/c1-26-16-6-2-5-15(13-16)20-22-19(28-23-20)9-10-24(14-17-7-3-11-27-17)21(25)18-8-4-12-29-18/h2-8,11-13H,9-10,14H2,1H3. The lowest BCUT2D eigenvalue weighted by atomic mass is 10.2. The number of rotatable bonds is 8. The number of aromatic nitrogens is 2. The number of amides is 1. The average Bonchev–Trinajstić information content (AvgIpc) is 3.53. The van der Waals surface area contributed by atoms with Gasteiger partial charge in [0.05, 0.1) is 24.8 Å². The topological polar surface area (TPSA) is 81.6 Å². The van der Waals surface area contributed by atoms with E-state index in [0.29, 0.717) is 36.1 Å². The third-order valence-electron chi connectivity index (χ3n) is 4.34. The number of furan rings is 1. The first-order chi connectivity index (χ1) is 14.2. The van der Waals surface area contributed by atoms with Gasteiger partial charge in [0.25, 0.3) is 5.91 Å². The predicted molar refractivity (Wildman–Crippen MR) is 108 cm³/mol. The van der Waals surface area contributed by atoms with Crippen LogP contribution in [-0.2, 0) is 13.0 Å². The lowest BCUT2D eigenvalue weighted by Gasteiger charge is -2.20. The summed E-state index contributed by atoms with van der Waals surface area (Å²) >= 11 is 1.41. The second-order valence-corrected chi connectivity index (χ2v) is 7.22. The summed E-state index contributed by atoms with van der Waals surface area (Å²) in [6.07, 6.45) is 2.04. The minimum absolute atomic E-state index is 0.0519. The molecule has 0 bridgehead atoms. The highest BCUT2D eigenvalue weighted by atomic mass is 32.1. The Labute approximate surface area is 171 Å². The Bertz CT molecular complexity index is 1060. The molecule has 8 heteroatoms. The van der Waals surface area contributed by atoms with Crippen molar-refractivity contribution in [2.75, 3.05) is 13.7 Å². The van der Waals surface area contributed by atoms with Crippen molar-refractivity contribution >= 4 is 17.2 Å². The largest absolute Gasteiger partial charge is 0.497 e. The number of carbonyl (C=O) groups excluding carboxylic acids is 1. The Morgan fingerprint density at radius 2 is 2.14 bits per heavy atom. The molecule has 29 heavy (non-hydrogen) atoms. The number of benzene rings is 1. The molecule has 0 N–H and O–H groups in total. The van der Waals surface area contributed by atoms with E-state index >= 15 is 0 Å². The third kappa shape index (κ3) is 4.55. The van der Waals surface area contributed by atoms with E-state index in [1.54, 1.807) is 18.3 Å². The van der Waals surface area contributed by atoms with Gasteiger partial charge in [-0.05, 0) is 35.7 Å². The van der Waals surface area contributed by atoms with Gasteiger partial charge < -0.3 is 18.6 Å². The minimum atomic E-state index is -0.0519. The zero-order chi connectivity index (χ0) is 20.1. The number of hydrogen-bond donors (Lipinski definition) is 0. The normalized spacial score (nSPS) is 10.8. The number of thiophene rings is 1. The van der Waals surface area contributed by atoms with Crippen LogP contribution in [0.5, 0.6) is 5.75 Å². The molecule has 0 atom stereocenters. The van der Waals surface area contributed by atoms with E-state index in [0.717, 1.165) is 17.1 Å². The third-order valence-corrected chi connectivity index (χ3v) is 5.20. The molecule has 148 valence electrons. The summed E-state index contributed by atoms with van der Waals surface area (Å²) in [5.41, 5.74) is 0.807. The lowest BCUT2D eigenvalue weighted by Crippen LogP contribution is -2.32. The molecule has 0 fully saturated rings. The van der Waals surface area contributed by atoms with Gasteiger partial charge in [-0.25, -0.2) is 0 Å². The van der Waals surface area contributed by atoms with Crippen LogP contribution in [0.25, 0.3) is 11.4 Å². The fraction of sp³-hybridized carbons (Fsp3) is 0.190. The molecule has 0 aliphatic rings. The van der Waals surface area contributed by atoms with E-state index in [1.165, 1.54) is 11.3 Å². The Hall–Kier alpha value is -3.39. The molecule has 4 rings (SSSR count). The summed E-state index contributed by atoms with van der Waals surface area (Å²) in [4.78, 5) is 19.7. The summed E-state index contributed by atoms with van der Waals surface area (Å²) in [5.74, 6) is 2.34. The van der Waals surface area contributed by atoms with Crippen molar-refractivity contribution in [3.05, 3.63) is 76.7 Å². The summed E-state index contributed by atoms with van der Waals surface area (Å²) in [5, 5.41) is 5.93. The van der Waals surface area contributed by atoms with Gasteiger partial charge in [-0.1, -0.05) is 23.4 Å². The van der Waals surface area contributed by atoms with E-state index in [-0.39, 0.29) is 5.91 Å². The zero-order valence-electron chi connectivity index (χ0n) is 15.8. The second kappa shape index (κ2) is 8.74. The van der Waals surface area contributed by atoms with E-state index in [4.69, 9.17) is 13.7 Å². The van der Waals surface area contributed by atoms with E-state index in [9.17, 15) is 4.79 Å². The maximum atomic E-state index is 12.9. The Morgan fingerprint density at radius 1 is 1.21 bits per heavy atom. The van der Waals surface area contributed by atoms with Gasteiger partial charge in [-0.15, -0.1) is 11.3 Å². The van der Waals surface area contributed by atoms with E-state index < -0.39 is 0 Å². The van der Waals surface area contributed by atoms with Crippen molar-refractivity contribution in [3.8, 4) is 17.1 Å². The van der Waals surface area contributed by atoms with Crippen molar-refractivity contribution in [2.24, 2.45) is 0 Å². The highest BCUT2D eigenvalue weighted by Crippen LogP contribution is 2.22. The van der Waals surface area contributed by atoms with Crippen molar-refractivity contribution in [3.63, 3.8) is 0 Å². The number of ether oxygens (including phenoxy) is 1. The molecule has 3 aromatic heterocycles. The summed E-state index contributed by atoms with van der Waals surface area (Å²) in [6.45, 7) is 0.803. The van der Waals surface area contributed by atoms with Crippen molar-refractivity contribution < 1.29 is 18.5 Å². The quantitative estimate of drug-likeness (QED) is 0.432. The van der Waals surface area contributed by atoms with Crippen molar-refractivity contribution in [1.82, 2.24) is 15.0 Å². The van der Waals surface area contributed by atoms with E-state index in [2.05, 4.69) is 10.1 Å². The van der Waals surface area contributed by atoms with Gasteiger partial charge >= 0.3 is 0 Å². The monoisotopic (exact) mass is 409 g/mol. The molecule has 0 saturated carbocycles. The van der Waals surface area contributed by atoms with Crippen molar-refractivity contribution in [2.45, 2.75) is 13.0 Å². The van der Waals surface area contributed by atoms with E-state index in [1.807, 2.05) is 53.9 Å². The van der Waals surface area contributed by atoms with Crippen LogP contribution >= 0.6 is 11.3 Å². The summed E-state index contributed by atoms with van der Waals surface area (Å²) < 4.78 is 16.0. The van der Waals surface area contributed by atoms with Gasteiger partial charge in [0.2, 0.25) is 11.7 Å². The average molecular weight is 409 g/mol. The molecule has 3 heterocycles. The smallest absolute Gasteiger partial charge is 0.264 e. The minimum Gasteiger partial charge on any atom is -0.497 e. The highest BCUT2D eigenvalue weighted by molar-refractivity contribution is 7.12. The molecule has 0 unspecified atom stereocenters. The van der Waals surface area contributed by atoms with Crippen LogP contribution in [0.3, 0.4) is 0 Å². The molecule has 0 aliphatic carbocycles. The highest BCUT2D eigenvalue weighted by Gasteiger charge is 2.19. The molecule has 0 radical (unpaired) electrons. The zero-order valence-corrected chi connectivity index (χ0v) is 16.6. The molecular weight excluding hydrogens is 390 g/mol. The van der Waals surface area contributed by atoms with Crippen LogP contribution in [-0.4, -0.2) is 34.6 Å². The summed E-state index contributed by atoms with van der Waals surface area (Å²) in [7, 11) is 1.61. The van der Waals surface area contributed by atoms with Crippen LogP contribution in [0.4, 0.5) is 0 Å². The first-order valence-corrected chi connectivity index (χ1v) is 9.93. The number of methoxy groups -OCH3 is 1. The molecule has 4 aromatic rings. The molecule has 0 spiro atoms. The number of hydrogen-bond acceptors (Lipinski definition) is 7.